The molecule has 0 atom stereocenters. The average molecular weight is 575 g/mol. The van der Waals surface area contributed by atoms with Gasteiger partial charge in [-0.15, -0.1) is 0 Å². The third kappa shape index (κ3) is 5.06. The molecule has 1 N–H and O–H groups in total. The van der Waals surface area contributed by atoms with E-state index in [1.54, 1.807) is 31.4 Å². The number of fused-ring (bicyclic) bond motifs is 1. The summed E-state index contributed by atoms with van der Waals surface area (Å²) in [6.45, 7) is 4.59. The van der Waals surface area contributed by atoms with Crippen molar-refractivity contribution in [3.63, 3.8) is 0 Å². The lowest BCUT2D eigenvalue weighted by molar-refractivity contribution is -0.117. The second-order valence-electron chi connectivity index (χ2n) is 10.0. The predicted octanol–water partition coefficient (Wildman–Crippen LogP) is 6.30. The number of ether oxygens (including phenoxy) is 1. The molecule has 5 aromatic rings. The Balaban J connectivity index is 1.29. The van der Waals surface area contributed by atoms with Crippen LogP contribution < -0.4 is 15.0 Å². The molecule has 1 fully saturated rings. The van der Waals surface area contributed by atoms with E-state index in [1.807, 2.05) is 49.1 Å². The summed E-state index contributed by atoms with van der Waals surface area (Å²) in [7, 11) is 1.55. The molecule has 9 nitrogen and oxygen atoms in total. The first-order valence-electron chi connectivity index (χ1n) is 13.4. The van der Waals surface area contributed by atoms with Crippen molar-refractivity contribution in [2.75, 3.05) is 23.9 Å². The maximum absolute atomic E-state index is 13.5. The number of carbonyl (C=O) groups excluding carboxylic acids is 2. The summed E-state index contributed by atoms with van der Waals surface area (Å²) in [6, 6.07) is 18.8. The highest BCUT2D eigenvalue weighted by atomic mass is 32.1. The second-order valence-corrected chi connectivity index (χ2v) is 11.0. The maximum Gasteiger partial charge on any atom is 0.259 e. The van der Waals surface area contributed by atoms with Gasteiger partial charge in [-0.25, -0.2) is 9.97 Å². The molecule has 6 rings (SSSR count). The van der Waals surface area contributed by atoms with E-state index in [0.29, 0.717) is 49.9 Å². The molecule has 0 aliphatic carbocycles. The lowest BCUT2D eigenvalue weighted by Gasteiger charge is -2.19. The summed E-state index contributed by atoms with van der Waals surface area (Å²) in [5, 5.41) is 12.7. The Hall–Kier alpha value is -5.14. The summed E-state index contributed by atoms with van der Waals surface area (Å²) in [5.74, 6) is 0.317. The van der Waals surface area contributed by atoms with E-state index >= 15 is 0 Å². The Bertz CT molecular complexity index is 1930. The number of anilines is 2. The van der Waals surface area contributed by atoms with Crippen LogP contribution in [0.15, 0.2) is 60.8 Å². The summed E-state index contributed by atoms with van der Waals surface area (Å²) in [5.41, 5.74) is 7.06. The molecule has 0 radical (unpaired) electrons. The molecule has 208 valence electrons. The molecule has 4 heterocycles. The largest absolute Gasteiger partial charge is 0.496 e. The maximum atomic E-state index is 13.5. The number of nitriles is 1. The number of aromatic nitrogens is 3. The van der Waals surface area contributed by atoms with Gasteiger partial charge in [-0.05, 0) is 74.4 Å². The zero-order valence-corrected chi connectivity index (χ0v) is 24.1. The smallest absolute Gasteiger partial charge is 0.259 e. The third-order valence-corrected chi connectivity index (χ3v) is 8.12. The highest BCUT2D eigenvalue weighted by molar-refractivity contribution is 7.22. The van der Waals surface area contributed by atoms with Gasteiger partial charge >= 0.3 is 0 Å². The van der Waals surface area contributed by atoms with Gasteiger partial charge in [-0.2, -0.15) is 5.26 Å². The molecule has 1 saturated heterocycles. The van der Waals surface area contributed by atoms with Crippen LogP contribution in [0.2, 0.25) is 0 Å². The quantitative estimate of drug-likeness (QED) is 0.253. The molecule has 3 aromatic heterocycles. The van der Waals surface area contributed by atoms with Gasteiger partial charge in [-0.1, -0.05) is 17.4 Å². The molecule has 2 amide bonds. The predicted molar refractivity (Wildman–Crippen MR) is 163 cm³/mol. The van der Waals surface area contributed by atoms with E-state index in [2.05, 4.69) is 21.4 Å². The monoisotopic (exact) mass is 574 g/mol. The number of rotatable bonds is 6. The van der Waals surface area contributed by atoms with E-state index in [0.717, 1.165) is 41.2 Å². The summed E-state index contributed by atoms with van der Waals surface area (Å²) in [6.07, 6.45) is 2.99. The zero-order chi connectivity index (χ0) is 29.4. The fourth-order valence-corrected chi connectivity index (χ4v) is 6.00. The van der Waals surface area contributed by atoms with Crippen molar-refractivity contribution in [2.45, 2.75) is 26.7 Å². The Morgan fingerprint density at radius 3 is 2.67 bits per heavy atom. The van der Waals surface area contributed by atoms with Crippen molar-refractivity contribution in [3.8, 4) is 34.2 Å². The number of nitrogens with one attached hydrogen (secondary N) is 1. The van der Waals surface area contributed by atoms with E-state index in [-0.39, 0.29) is 11.8 Å². The van der Waals surface area contributed by atoms with Gasteiger partial charge in [0.1, 0.15) is 16.1 Å². The molecular weight excluding hydrogens is 548 g/mol. The van der Waals surface area contributed by atoms with Gasteiger partial charge in [0.05, 0.1) is 30.0 Å². The van der Waals surface area contributed by atoms with Crippen molar-refractivity contribution in [1.82, 2.24) is 15.0 Å². The standard InChI is InChI=1S/C32H26N6O3S/c1-18-13-21(7-10-27(18)38-12-4-5-29(38)39)25-8-9-26-31(35-25)42-32(36-26)37-30(40)24-17-34-19(2)14-22(24)23-15-20(16-33)6-11-28(23)41-3/h6-11,13-15,17H,4-5,12H2,1-3H3,(H,36,37,40). The highest BCUT2D eigenvalue weighted by Crippen LogP contribution is 2.35. The first-order chi connectivity index (χ1) is 20.3. The Morgan fingerprint density at radius 1 is 1.07 bits per heavy atom. The molecule has 42 heavy (non-hydrogen) atoms. The second kappa shape index (κ2) is 11.0. The van der Waals surface area contributed by atoms with Crippen LogP contribution in [0.5, 0.6) is 5.75 Å². The number of aryl methyl sites for hydroxylation is 2. The molecular formula is C32H26N6O3S. The minimum Gasteiger partial charge on any atom is -0.496 e. The third-order valence-electron chi connectivity index (χ3n) is 7.24. The number of benzene rings is 2. The van der Waals surface area contributed by atoms with Gasteiger partial charge in [0.2, 0.25) is 5.91 Å². The lowest BCUT2D eigenvalue weighted by atomic mass is 9.97. The number of nitrogens with zero attached hydrogens (tertiary/aromatic N) is 5. The molecule has 10 heteroatoms. The fourth-order valence-electron chi connectivity index (χ4n) is 5.17. The molecule has 0 unspecified atom stereocenters. The van der Waals surface area contributed by atoms with Crippen LogP contribution in [-0.4, -0.2) is 40.4 Å². The van der Waals surface area contributed by atoms with Crippen LogP contribution in [0.1, 0.15) is 40.0 Å². The van der Waals surface area contributed by atoms with Gasteiger partial charge < -0.3 is 9.64 Å². The first-order valence-corrected chi connectivity index (χ1v) is 14.2. The van der Waals surface area contributed by atoms with E-state index in [4.69, 9.17) is 9.72 Å². The van der Waals surface area contributed by atoms with Crippen molar-refractivity contribution in [3.05, 3.63) is 83.2 Å². The van der Waals surface area contributed by atoms with Crippen molar-refractivity contribution < 1.29 is 14.3 Å². The minimum atomic E-state index is -0.385. The van der Waals surface area contributed by atoms with Crippen LogP contribution in [0.3, 0.4) is 0 Å². The molecule has 0 spiro atoms. The van der Waals surface area contributed by atoms with Crippen LogP contribution in [-0.2, 0) is 4.79 Å². The van der Waals surface area contributed by atoms with Gasteiger partial charge in [0.15, 0.2) is 5.13 Å². The van der Waals surface area contributed by atoms with E-state index in [9.17, 15) is 14.9 Å². The Kier molecular flexibility index (Phi) is 7.10. The highest BCUT2D eigenvalue weighted by Gasteiger charge is 2.23. The van der Waals surface area contributed by atoms with Gasteiger partial charge in [0.25, 0.3) is 5.91 Å². The Labute approximate surface area is 246 Å². The van der Waals surface area contributed by atoms with E-state index < -0.39 is 0 Å². The fraction of sp³-hybridized carbons (Fsp3) is 0.188. The average Bonchev–Trinajstić information content (AvgIpc) is 3.61. The van der Waals surface area contributed by atoms with Gasteiger partial charge in [0, 0.05) is 47.2 Å². The van der Waals surface area contributed by atoms with Gasteiger partial charge in [-0.3, -0.25) is 19.9 Å². The first kappa shape index (κ1) is 27.1. The summed E-state index contributed by atoms with van der Waals surface area (Å²) >= 11 is 1.28. The number of hydrogen-bond acceptors (Lipinski definition) is 8. The van der Waals surface area contributed by atoms with Crippen molar-refractivity contribution in [2.24, 2.45) is 0 Å². The van der Waals surface area contributed by atoms with Crippen LogP contribution in [0.25, 0.3) is 32.7 Å². The van der Waals surface area contributed by atoms with Crippen molar-refractivity contribution >= 4 is 44.3 Å². The van der Waals surface area contributed by atoms with Crippen LogP contribution in [0.4, 0.5) is 10.8 Å². The lowest BCUT2D eigenvalue weighted by Crippen LogP contribution is -2.24. The molecule has 1 aliphatic heterocycles. The molecule has 0 bridgehead atoms. The molecule has 1 aliphatic rings. The summed E-state index contributed by atoms with van der Waals surface area (Å²) in [4.78, 5) is 42.0. The molecule has 2 aromatic carbocycles. The van der Waals surface area contributed by atoms with E-state index in [1.165, 1.54) is 17.5 Å². The van der Waals surface area contributed by atoms with Crippen molar-refractivity contribution in [1.29, 1.82) is 5.26 Å². The van der Waals surface area contributed by atoms with Crippen LogP contribution in [0, 0.1) is 25.2 Å². The number of methoxy groups -OCH3 is 1. The number of thiazole rings is 1. The minimum absolute atomic E-state index is 0.160. The summed E-state index contributed by atoms with van der Waals surface area (Å²) < 4.78 is 5.53. The molecule has 0 saturated carbocycles. The normalized spacial score (nSPS) is 12.9. The van der Waals surface area contributed by atoms with Crippen LogP contribution >= 0.6 is 11.3 Å². The number of hydrogen-bond donors (Lipinski definition) is 1. The SMILES string of the molecule is COc1ccc(C#N)cc1-c1cc(C)ncc1C(=O)Nc1nc2ccc(-c3ccc(N4CCCC4=O)c(C)c3)nc2s1. The Morgan fingerprint density at radius 2 is 1.93 bits per heavy atom. The number of amides is 2. The topological polar surface area (TPSA) is 121 Å². The number of carbonyl (C=O) groups is 2. The zero-order valence-electron chi connectivity index (χ0n) is 23.3. The number of pyridine rings is 2.